The van der Waals surface area contributed by atoms with Crippen molar-refractivity contribution in [3.05, 3.63) is 24.0 Å². The lowest BCUT2D eigenvalue weighted by Gasteiger charge is -2.07. The Morgan fingerprint density at radius 2 is 2.06 bits per heavy atom. The van der Waals surface area contributed by atoms with Gasteiger partial charge in [-0.2, -0.15) is 0 Å². The first-order valence-electron chi connectivity index (χ1n) is 5.92. The molecular formula is C11H18N6S. The molecule has 2 heterocycles. The first kappa shape index (κ1) is 13.1. The van der Waals surface area contributed by atoms with Crippen molar-refractivity contribution in [1.29, 1.82) is 0 Å². The molecule has 2 rings (SSSR count). The Morgan fingerprint density at radius 3 is 2.72 bits per heavy atom. The summed E-state index contributed by atoms with van der Waals surface area (Å²) in [6.07, 6.45) is 3.81. The van der Waals surface area contributed by atoms with Crippen LogP contribution in [-0.2, 0) is 13.1 Å². The molecule has 98 valence electrons. The van der Waals surface area contributed by atoms with Crippen LogP contribution in [0, 0.1) is 13.8 Å². The van der Waals surface area contributed by atoms with Gasteiger partial charge in [0.05, 0.1) is 0 Å². The normalized spacial score (nSPS) is 11.1. The third kappa shape index (κ3) is 2.91. The number of nitrogens with two attached hydrogens (primary N) is 1. The van der Waals surface area contributed by atoms with Crippen molar-refractivity contribution in [2.45, 2.75) is 32.1 Å². The van der Waals surface area contributed by atoms with Gasteiger partial charge in [0.1, 0.15) is 11.6 Å². The van der Waals surface area contributed by atoms with Crippen LogP contribution >= 0.6 is 11.8 Å². The van der Waals surface area contributed by atoms with E-state index < -0.39 is 0 Å². The topological polar surface area (TPSA) is 74.5 Å². The zero-order chi connectivity index (χ0) is 13.0. The maximum atomic E-state index is 5.59. The summed E-state index contributed by atoms with van der Waals surface area (Å²) in [4.78, 5) is 4.20. The molecular weight excluding hydrogens is 248 g/mol. The van der Waals surface area contributed by atoms with Crippen molar-refractivity contribution in [3.63, 3.8) is 0 Å². The van der Waals surface area contributed by atoms with Crippen LogP contribution in [0.1, 0.15) is 11.6 Å². The van der Waals surface area contributed by atoms with Crippen molar-refractivity contribution >= 4 is 11.8 Å². The molecule has 2 aromatic heterocycles. The van der Waals surface area contributed by atoms with Crippen LogP contribution in [0.2, 0.25) is 0 Å². The third-order valence-electron chi connectivity index (χ3n) is 2.74. The van der Waals surface area contributed by atoms with E-state index in [1.165, 1.54) is 0 Å². The fourth-order valence-corrected chi connectivity index (χ4v) is 2.68. The number of aryl methyl sites for hydroxylation is 3. The number of imidazole rings is 1. The second kappa shape index (κ2) is 6.01. The van der Waals surface area contributed by atoms with E-state index in [-0.39, 0.29) is 0 Å². The predicted molar refractivity (Wildman–Crippen MR) is 71.5 cm³/mol. The van der Waals surface area contributed by atoms with Crippen LogP contribution < -0.4 is 5.73 Å². The Morgan fingerprint density at radius 1 is 1.22 bits per heavy atom. The molecule has 6 nitrogen and oxygen atoms in total. The van der Waals surface area contributed by atoms with E-state index in [1.54, 1.807) is 11.8 Å². The first-order valence-corrected chi connectivity index (χ1v) is 6.91. The molecule has 2 N–H and O–H groups in total. The molecule has 0 aromatic carbocycles. The average molecular weight is 266 g/mol. The highest BCUT2D eigenvalue weighted by Gasteiger charge is 2.08. The van der Waals surface area contributed by atoms with E-state index in [1.807, 2.05) is 26.2 Å². The maximum absolute atomic E-state index is 5.59. The Bertz CT molecular complexity index is 503. The predicted octanol–water partition coefficient (Wildman–Crippen LogP) is 0.842. The van der Waals surface area contributed by atoms with Gasteiger partial charge in [0, 0.05) is 37.8 Å². The van der Waals surface area contributed by atoms with Gasteiger partial charge in [0.2, 0.25) is 0 Å². The van der Waals surface area contributed by atoms with Crippen molar-refractivity contribution in [2.24, 2.45) is 5.73 Å². The zero-order valence-electron chi connectivity index (χ0n) is 10.7. The molecule has 0 unspecified atom stereocenters. The summed E-state index contributed by atoms with van der Waals surface area (Å²) >= 11 is 1.70. The fraction of sp³-hybridized carbons (Fsp3) is 0.545. The molecule has 0 bridgehead atoms. The van der Waals surface area contributed by atoms with E-state index in [0.717, 1.165) is 35.6 Å². The molecule has 0 amide bonds. The minimum atomic E-state index is 0.604. The van der Waals surface area contributed by atoms with E-state index in [0.29, 0.717) is 6.54 Å². The van der Waals surface area contributed by atoms with Gasteiger partial charge in [0.25, 0.3) is 0 Å². The second-order valence-electron chi connectivity index (χ2n) is 3.99. The quantitative estimate of drug-likeness (QED) is 0.784. The lowest BCUT2D eigenvalue weighted by molar-refractivity contribution is 0.626. The summed E-state index contributed by atoms with van der Waals surface area (Å²) in [6.45, 7) is 6.25. The second-order valence-corrected chi connectivity index (χ2v) is 5.05. The molecule has 7 heteroatoms. The highest BCUT2D eigenvalue weighted by Crippen LogP contribution is 2.17. The Hall–Kier alpha value is -1.34. The van der Waals surface area contributed by atoms with Crippen LogP contribution in [0.3, 0.4) is 0 Å². The van der Waals surface area contributed by atoms with Gasteiger partial charge in [0.15, 0.2) is 5.16 Å². The van der Waals surface area contributed by atoms with E-state index in [2.05, 4.69) is 24.3 Å². The maximum Gasteiger partial charge on any atom is 0.191 e. The van der Waals surface area contributed by atoms with E-state index in [9.17, 15) is 0 Å². The Balaban J connectivity index is 1.92. The van der Waals surface area contributed by atoms with Gasteiger partial charge in [-0.25, -0.2) is 4.98 Å². The minimum absolute atomic E-state index is 0.604. The van der Waals surface area contributed by atoms with Crippen molar-refractivity contribution < 1.29 is 0 Å². The summed E-state index contributed by atoms with van der Waals surface area (Å²) in [6, 6.07) is 0. The summed E-state index contributed by atoms with van der Waals surface area (Å²) < 4.78 is 4.19. The van der Waals surface area contributed by atoms with Crippen LogP contribution in [0.5, 0.6) is 0 Å². The lowest BCUT2D eigenvalue weighted by atomic mass is 10.6. The van der Waals surface area contributed by atoms with Gasteiger partial charge in [-0.1, -0.05) is 11.8 Å². The third-order valence-corrected chi connectivity index (χ3v) is 3.69. The zero-order valence-corrected chi connectivity index (χ0v) is 11.5. The Labute approximate surface area is 111 Å². The molecule has 0 saturated heterocycles. The van der Waals surface area contributed by atoms with Crippen LogP contribution in [0.15, 0.2) is 17.6 Å². The average Bonchev–Trinajstić information content (AvgIpc) is 2.90. The van der Waals surface area contributed by atoms with Gasteiger partial charge >= 0.3 is 0 Å². The number of nitrogens with zero attached hydrogens (tertiary/aromatic N) is 5. The Kier molecular flexibility index (Phi) is 4.38. The lowest BCUT2D eigenvalue weighted by Crippen LogP contribution is -2.12. The van der Waals surface area contributed by atoms with Crippen LogP contribution in [0.4, 0.5) is 0 Å². The number of aromatic nitrogens is 5. The molecule has 0 aliphatic heterocycles. The summed E-state index contributed by atoms with van der Waals surface area (Å²) in [5.74, 6) is 2.90. The van der Waals surface area contributed by atoms with Crippen molar-refractivity contribution in [1.82, 2.24) is 24.3 Å². The van der Waals surface area contributed by atoms with Crippen molar-refractivity contribution in [2.75, 3.05) is 12.3 Å². The molecule has 18 heavy (non-hydrogen) atoms. The molecule has 0 saturated carbocycles. The van der Waals surface area contributed by atoms with Crippen molar-refractivity contribution in [3.8, 4) is 0 Å². The fourth-order valence-electron chi connectivity index (χ4n) is 1.73. The first-order chi connectivity index (χ1) is 8.72. The van der Waals surface area contributed by atoms with Crippen LogP contribution in [0.25, 0.3) is 0 Å². The van der Waals surface area contributed by atoms with E-state index >= 15 is 0 Å². The van der Waals surface area contributed by atoms with Gasteiger partial charge in [-0.3, -0.25) is 0 Å². The molecule has 0 atom stereocenters. The molecule has 0 fully saturated rings. The molecule has 0 radical (unpaired) electrons. The number of rotatable bonds is 6. The standard InChI is InChI=1S/C11H18N6S/c1-9-13-4-6-16(9)7-8-18-11-15-14-10(2)17(11)5-3-12/h4,6H,3,5,7-8,12H2,1-2H3. The summed E-state index contributed by atoms with van der Waals surface area (Å²) in [5, 5.41) is 9.20. The molecule has 0 aliphatic carbocycles. The SMILES string of the molecule is Cc1nccn1CCSc1nnc(C)n1CCN. The van der Waals surface area contributed by atoms with Gasteiger partial charge < -0.3 is 14.9 Å². The molecule has 2 aromatic rings. The van der Waals surface area contributed by atoms with Gasteiger partial charge in [-0.05, 0) is 13.8 Å². The van der Waals surface area contributed by atoms with E-state index in [4.69, 9.17) is 5.73 Å². The summed E-state index contributed by atoms with van der Waals surface area (Å²) in [5.41, 5.74) is 5.59. The largest absolute Gasteiger partial charge is 0.334 e. The smallest absolute Gasteiger partial charge is 0.191 e. The number of hydrogen-bond acceptors (Lipinski definition) is 5. The minimum Gasteiger partial charge on any atom is -0.334 e. The highest BCUT2D eigenvalue weighted by atomic mass is 32.2. The number of thioether (sulfide) groups is 1. The summed E-state index contributed by atoms with van der Waals surface area (Å²) in [7, 11) is 0. The molecule has 0 aliphatic rings. The number of hydrogen-bond donors (Lipinski definition) is 1. The monoisotopic (exact) mass is 266 g/mol. The van der Waals surface area contributed by atoms with Gasteiger partial charge in [-0.15, -0.1) is 10.2 Å². The molecule has 0 spiro atoms. The van der Waals surface area contributed by atoms with Crippen LogP contribution in [-0.4, -0.2) is 36.6 Å². The highest BCUT2D eigenvalue weighted by molar-refractivity contribution is 7.99.